The first-order valence-electron chi connectivity index (χ1n) is 13.6. The monoisotopic (exact) mass is 510 g/mol. The molecular weight excluding hydrogens is 472 g/mol. The highest BCUT2D eigenvalue weighted by Crippen LogP contribution is 2.43. The Kier molecular flexibility index (Phi) is 7.69. The SMILES string of the molecule is COc1cccc(OC)c1-c1cc(N(C=O)[C@@H](CCN2C3CCC2CC3)CC(=O)O)nn1C1CCCC1. The van der Waals surface area contributed by atoms with Gasteiger partial charge in [-0.05, 0) is 57.1 Å². The highest BCUT2D eigenvalue weighted by atomic mass is 16.5. The topological polar surface area (TPSA) is 97.1 Å². The Balaban J connectivity index is 1.50. The van der Waals surface area contributed by atoms with Crippen molar-refractivity contribution in [2.24, 2.45) is 0 Å². The van der Waals surface area contributed by atoms with Crippen molar-refractivity contribution in [3.05, 3.63) is 24.3 Å². The number of aromatic nitrogens is 2. The Morgan fingerprint density at radius 1 is 1.08 bits per heavy atom. The molecule has 1 aliphatic carbocycles. The lowest BCUT2D eigenvalue weighted by Gasteiger charge is -2.29. The van der Waals surface area contributed by atoms with Crippen LogP contribution in [0.15, 0.2) is 24.3 Å². The zero-order valence-electron chi connectivity index (χ0n) is 21.8. The van der Waals surface area contributed by atoms with E-state index in [1.807, 2.05) is 28.9 Å². The summed E-state index contributed by atoms with van der Waals surface area (Å²) in [5, 5.41) is 14.7. The van der Waals surface area contributed by atoms with Crippen LogP contribution in [0.4, 0.5) is 5.82 Å². The molecule has 0 spiro atoms. The summed E-state index contributed by atoms with van der Waals surface area (Å²) >= 11 is 0. The standard InChI is InChI=1S/C28H38N4O5/c1-36-24-8-5-9-25(37-2)28(24)23-17-26(29-32(23)21-6-3-4-7-21)31(18-33)22(16-27(34)35)14-15-30-19-10-11-20(30)13-12-19/h5,8-9,17-22H,3-4,6-7,10-16H2,1-2H3,(H,34,35)/t19?,20?,22-/m0/s1. The molecule has 9 heteroatoms. The van der Waals surface area contributed by atoms with Gasteiger partial charge in [0, 0.05) is 30.7 Å². The summed E-state index contributed by atoms with van der Waals surface area (Å²) in [4.78, 5) is 28.4. The van der Waals surface area contributed by atoms with E-state index in [1.165, 1.54) is 30.6 Å². The molecule has 3 fully saturated rings. The average Bonchev–Trinajstić information content (AvgIpc) is 3.71. The maximum Gasteiger partial charge on any atom is 0.305 e. The number of anilines is 1. The van der Waals surface area contributed by atoms with Gasteiger partial charge < -0.3 is 14.6 Å². The molecule has 2 saturated heterocycles. The Morgan fingerprint density at radius 3 is 2.24 bits per heavy atom. The highest BCUT2D eigenvalue weighted by molar-refractivity contribution is 5.81. The number of aliphatic carboxylic acids is 1. The van der Waals surface area contributed by atoms with Crippen LogP contribution in [0, 0.1) is 0 Å². The smallest absolute Gasteiger partial charge is 0.305 e. The van der Waals surface area contributed by atoms with Crippen LogP contribution in [0.25, 0.3) is 11.3 Å². The maximum atomic E-state index is 12.5. The van der Waals surface area contributed by atoms with Gasteiger partial charge in [0.25, 0.3) is 0 Å². The summed E-state index contributed by atoms with van der Waals surface area (Å²) in [7, 11) is 3.25. The second-order valence-electron chi connectivity index (χ2n) is 10.6. The molecule has 1 aromatic carbocycles. The van der Waals surface area contributed by atoms with Gasteiger partial charge in [0.1, 0.15) is 11.5 Å². The fourth-order valence-corrected chi connectivity index (χ4v) is 6.78. The lowest BCUT2D eigenvalue weighted by atomic mass is 10.0. The van der Waals surface area contributed by atoms with Crippen LogP contribution < -0.4 is 14.4 Å². The quantitative estimate of drug-likeness (QED) is 0.420. The molecular formula is C28H38N4O5. The molecule has 3 heterocycles. The van der Waals surface area contributed by atoms with E-state index in [0.29, 0.717) is 35.8 Å². The summed E-state index contributed by atoms with van der Waals surface area (Å²) < 4.78 is 13.4. The highest BCUT2D eigenvalue weighted by Gasteiger charge is 2.39. The summed E-state index contributed by atoms with van der Waals surface area (Å²) in [5.41, 5.74) is 1.60. The summed E-state index contributed by atoms with van der Waals surface area (Å²) in [6.45, 7) is 0.800. The normalized spacial score (nSPS) is 22.3. The van der Waals surface area contributed by atoms with Crippen molar-refractivity contribution in [2.45, 2.75) is 88.4 Å². The molecule has 1 saturated carbocycles. The van der Waals surface area contributed by atoms with Gasteiger partial charge in [-0.2, -0.15) is 5.10 Å². The maximum absolute atomic E-state index is 12.5. The number of amides is 1. The number of ether oxygens (including phenoxy) is 2. The number of rotatable bonds is 12. The van der Waals surface area contributed by atoms with E-state index >= 15 is 0 Å². The minimum atomic E-state index is -0.914. The lowest BCUT2D eigenvalue weighted by Crippen LogP contribution is -2.40. The molecule has 1 N–H and O–H groups in total. The van der Waals surface area contributed by atoms with E-state index in [-0.39, 0.29) is 12.5 Å². The third-order valence-corrected chi connectivity index (χ3v) is 8.58. The predicted molar refractivity (Wildman–Crippen MR) is 140 cm³/mol. The average molecular weight is 511 g/mol. The van der Waals surface area contributed by atoms with Crippen LogP contribution in [-0.2, 0) is 9.59 Å². The molecule has 0 radical (unpaired) electrons. The molecule has 2 aromatic rings. The molecule has 2 aliphatic heterocycles. The van der Waals surface area contributed by atoms with Crippen molar-refractivity contribution < 1.29 is 24.2 Å². The number of carboxylic acid groups (broad SMARTS) is 1. The summed E-state index contributed by atoms with van der Waals surface area (Å²) in [5.74, 6) is 0.882. The van der Waals surface area contributed by atoms with Gasteiger partial charge in [0.2, 0.25) is 6.41 Å². The molecule has 3 aliphatic rings. The van der Waals surface area contributed by atoms with Crippen molar-refractivity contribution in [2.75, 3.05) is 25.7 Å². The fraction of sp³-hybridized carbons (Fsp3) is 0.607. The Morgan fingerprint density at radius 2 is 1.70 bits per heavy atom. The van der Waals surface area contributed by atoms with Crippen LogP contribution in [-0.4, -0.2) is 71.1 Å². The van der Waals surface area contributed by atoms with Crippen molar-refractivity contribution >= 4 is 18.2 Å². The van der Waals surface area contributed by atoms with E-state index in [2.05, 4.69) is 4.90 Å². The Labute approximate surface area is 218 Å². The van der Waals surface area contributed by atoms with E-state index in [4.69, 9.17) is 14.6 Å². The van der Waals surface area contributed by atoms with Gasteiger partial charge in [-0.3, -0.25) is 24.1 Å². The molecule has 2 bridgehead atoms. The number of carbonyl (C=O) groups is 2. The van der Waals surface area contributed by atoms with Crippen molar-refractivity contribution in [1.82, 2.24) is 14.7 Å². The van der Waals surface area contributed by atoms with E-state index < -0.39 is 12.0 Å². The van der Waals surface area contributed by atoms with Crippen LogP contribution in [0.2, 0.25) is 0 Å². The number of fused-ring (bicyclic) bond motifs is 2. The number of carboxylic acids is 1. The molecule has 200 valence electrons. The summed E-state index contributed by atoms with van der Waals surface area (Å²) in [6.07, 6.45) is 10.4. The van der Waals surface area contributed by atoms with E-state index in [1.54, 1.807) is 14.2 Å². The minimum absolute atomic E-state index is 0.120. The molecule has 1 aromatic heterocycles. The van der Waals surface area contributed by atoms with Gasteiger partial charge in [0.05, 0.1) is 37.9 Å². The van der Waals surface area contributed by atoms with E-state index in [9.17, 15) is 14.7 Å². The zero-order chi connectivity index (χ0) is 25.9. The largest absolute Gasteiger partial charge is 0.496 e. The van der Waals surface area contributed by atoms with Gasteiger partial charge in [-0.25, -0.2) is 0 Å². The Bertz CT molecular complexity index is 1070. The number of nitrogens with zero attached hydrogens (tertiary/aromatic N) is 4. The molecule has 9 nitrogen and oxygen atoms in total. The third-order valence-electron chi connectivity index (χ3n) is 8.58. The van der Waals surface area contributed by atoms with Gasteiger partial charge in [-0.15, -0.1) is 0 Å². The van der Waals surface area contributed by atoms with E-state index in [0.717, 1.165) is 49.9 Å². The van der Waals surface area contributed by atoms with Crippen molar-refractivity contribution in [1.29, 1.82) is 0 Å². The number of methoxy groups -OCH3 is 2. The second-order valence-corrected chi connectivity index (χ2v) is 10.6. The van der Waals surface area contributed by atoms with Crippen LogP contribution >= 0.6 is 0 Å². The first kappa shape index (κ1) is 25.6. The second kappa shape index (κ2) is 11.1. The number of hydrogen-bond donors (Lipinski definition) is 1. The first-order valence-corrected chi connectivity index (χ1v) is 13.6. The molecule has 5 rings (SSSR count). The van der Waals surface area contributed by atoms with Crippen molar-refractivity contribution in [3.8, 4) is 22.8 Å². The van der Waals surface area contributed by atoms with Crippen LogP contribution in [0.1, 0.15) is 70.3 Å². The molecule has 1 amide bonds. The Hall–Kier alpha value is -3.07. The van der Waals surface area contributed by atoms with Gasteiger partial charge in [-0.1, -0.05) is 18.9 Å². The zero-order valence-corrected chi connectivity index (χ0v) is 21.8. The number of carbonyl (C=O) groups excluding carboxylic acids is 1. The summed E-state index contributed by atoms with van der Waals surface area (Å²) in [6, 6.07) is 8.47. The van der Waals surface area contributed by atoms with Crippen LogP contribution in [0.3, 0.4) is 0 Å². The number of hydrogen-bond acceptors (Lipinski definition) is 6. The fourth-order valence-electron chi connectivity index (χ4n) is 6.78. The minimum Gasteiger partial charge on any atom is -0.496 e. The molecule has 1 atom stereocenters. The lowest BCUT2D eigenvalue weighted by molar-refractivity contribution is -0.137. The molecule has 37 heavy (non-hydrogen) atoms. The third kappa shape index (κ3) is 5.06. The van der Waals surface area contributed by atoms with Gasteiger partial charge in [0.15, 0.2) is 5.82 Å². The van der Waals surface area contributed by atoms with Crippen molar-refractivity contribution in [3.63, 3.8) is 0 Å². The molecule has 0 unspecified atom stereocenters. The number of benzene rings is 1. The van der Waals surface area contributed by atoms with Gasteiger partial charge >= 0.3 is 5.97 Å². The van der Waals surface area contributed by atoms with Crippen LogP contribution in [0.5, 0.6) is 11.5 Å². The predicted octanol–water partition coefficient (Wildman–Crippen LogP) is 4.51. The first-order chi connectivity index (χ1) is 18.0.